The average Bonchev–Trinajstić information content (AvgIpc) is 3.59. The van der Waals surface area contributed by atoms with Gasteiger partial charge in [-0.15, -0.1) is 0 Å². The maximum absolute atomic E-state index is 13.5. The molecule has 3 aromatic rings. The van der Waals surface area contributed by atoms with Gasteiger partial charge in [-0.3, -0.25) is 34.1 Å². The van der Waals surface area contributed by atoms with Crippen molar-refractivity contribution in [1.82, 2.24) is 20.0 Å². The van der Waals surface area contributed by atoms with Crippen molar-refractivity contribution in [2.45, 2.75) is 69.6 Å². The van der Waals surface area contributed by atoms with Crippen molar-refractivity contribution in [3.05, 3.63) is 59.4 Å². The predicted octanol–water partition coefficient (Wildman–Crippen LogP) is 4.07. The van der Waals surface area contributed by atoms with Crippen LogP contribution in [-0.4, -0.2) is 63.6 Å². The second-order valence-electron chi connectivity index (χ2n) is 12.5. The molecular formula is C31H30F3N5O4. The maximum Gasteiger partial charge on any atom is 0.403 e. The highest BCUT2D eigenvalue weighted by molar-refractivity contribution is 6.27. The number of imide groups is 1. The van der Waals surface area contributed by atoms with Crippen molar-refractivity contribution in [3.63, 3.8) is 0 Å². The molecule has 9 nitrogen and oxygen atoms in total. The number of benzene rings is 2. The topological polar surface area (TPSA) is 105 Å². The Labute approximate surface area is 245 Å². The maximum atomic E-state index is 13.5. The zero-order chi connectivity index (χ0) is 30.3. The summed E-state index contributed by atoms with van der Waals surface area (Å²) in [4.78, 5) is 53.3. The largest absolute Gasteiger partial charge is 0.403 e. The van der Waals surface area contributed by atoms with Crippen LogP contribution in [0.25, 0.3) is 10.8 Å². The van der Waals surface area contributed by atoms with Crippen LogP contribution < -0.4 is 10.2 Å². The molecule has 7 rings (SSSR count). The molecule has 2 saturated heterocycles. The number of carbonyl (C=O) groups is 4. The minimum absolute atomic E-state index is 0.133. The number of alkyl halides is 3. The zero-order valence-electron chi connectivity index (χ0n) is 23.5. The van der Waals surface area contributed by atoms with Crippen molar-refractivity contribution >= 4 is 40.1 Å². The third-order valence-electron chi connectivity index (χ3n) is 9.75. The number of likely N-dealkylation sites (tertiary alicyclic amines) is 1. The second-order valence-corrected chi connectivity index (χ2v) is 12.5. The zero-order valence-corrected chi connectivity index (χ0v) is 23.5. The van der Waals surface area contributed by atoms with Crippen LogP contribution in [-0.2, 0) is 26.3 Å². The van der Waals surface area contributed by atoms with Crippen molar-refractivity contribution in [3.8, 4) is 0 Å². The first-order valence-corrected chi connectivity index (χ1v) is 14.5. The summed E-state index contributed by atoms with van der Waals surface area (Å²) in [5.74, 6) is -1.88. The number of anilines is 1. The van der Waals surface area contributed by atoms with Gasteiger partial charge in [-0.25, -0.2) is 0 Å². The molecule has 3 fully saturated rings. The van der Waals surface area contributed by atoms with E-state index in [0.717, 1.165) is 21.9 Å². The molecule has 224 valence electrons. The van der Waals surface area contributed by atoms with Gasteiger partial charge in [0.15, 0.2) is 0 Å². The van der Waals surface area contributed by atoms with E-state index in [-0.39, 0.29) is 50.6 Å². The number of aromatic nitrogens is 2. The molecule has 4 aliphatic rings. The fraction of sp³-hybridized carbons (Fsp3) is 0.452. The van der Waals surface area contributed by atoms with Crippen LogP contribution in [0, 0.1) is 5.41 Å². The number of carbonyl (C=O) groups excluding carboxylic acids is 4. The quantitative estimate of drug-likeness (QED) is 0.450. The van der Waals surface area contributed by atoms with Gasteiger partial charge in [-0.1, -0.05) is 18.2 Å². The van der Waals surface area contributed by atoms with Crippen molar-refractivity contribution < 1.29 is 32.3 Å². The monoisotopic (exact) mass is 593 g/mol. The molecular weight excluding hydrogens is 563 g/mol. The molecule has 4 amide bonds. The van der Waals surface area contributed by atoms with Gasteiger partial charge in [0.1, 0.15) is 11.5 Å². The highest BCUT2D eigenvalue weighted by Gasteiger charge is 2.69. The molecule has 1 saturated carbocycles. The Balaban J connectivity index is 1.10. The Morgan fingerprint density at radius 1 is 1.07 bits per heavy atom. The molecule has 1 atom stereocenters. The van der Waals surface area contributed by atoms with E-state index in [1.165, 1.54) is 9.80 Å². The third kappa shape index (κ3) is 4.24. The predicted molar refractivity (Wildman–Crippen MR) is 149 cm³/mol. The van der Waals surface area contributed by atoms with E-state index in [2.05, 4.69) is 10.4 Å². The second kappa shape index (κ2) is 9.39. The normalized spacial score (nSPS) is 22.7. The van der Waals surface area contributed by atoms with Gasteiger partial charge in [0.2, 0.25) is 17.7 Å². The minimum atomic E-state index is -4.51. The van der Waals surface area contributed by atoms with Gasteiger partial charge in [-0.2, -0.15) is 18.3 Å². The first kappa shape index (κ1) is 27.6. The van der Waals surface area contributed by atoms with Crippen LogP contribution in [0.1, 0.15) is 66.9 Å². The first-order chi connectivity index (χ1) is 20.4. The standard InChI is InChI=1S/C31H30F3N5O4/c1-29(11-13-37(14-12-29)28(43)30(9-10-30)31(32,33)34)38-17-18(16-35-38)15-19-5-6-22-25-20(19)3-2-4-21(25)27(42)39(22)23-7-8-24(40)36-26(23)41/h2-6,16-17,23H,7-15H2,1H3,(H,36,40,41). The third-order valence-corrected chi connectivity index (χ3v) is 9.75. The van der Waals surface area contributed by atoms with Crippen molar-refractivity contribution in [2.24, 2.45) is 5.41 Å². The molecule has 1 unspecified atom stereocenters. The number of rotatable bonds is 5. The van der Waals surface area contributed by atoms with Crippen LogP contribution in [0.5, 0.6) is 0 Å². The summed E-state index contributed by atoms with van der Waals surface area (Å²) in [6.07, 6.45) is 0.889. The van der Waals surface area contributed by atoms with Gasteiger partial charge in [0, 0.05) is 43.1 Å². The van der Waals surface area contributed by atoms with Crippen LogP contribution in [0.4, 0.5) is 18.9 Å². The molecule has 1 aromatic heterocycles. The van der Waals surface area contributed by atoms with Crippen LogP contribution in [0.15, 0.2) is 42.7 Å². The molecule has 1 N–H and O–H groups in total. The Bertz CT molecular complexity index is 1700. The van der Waals surface area contributed by atoms with E-state index in [4.69, 9.17) is 0 Å². The van der Waals surface area contributed by atoms with E-state index >= 15 is 0 Å². The van der Waals surface area contributed by atoms with E-state index in [1.807, 2.05) is 42.1 Å². The molecule has 2 aromatic carbocycles. The molecule has 4 heterocycles. The Morgan fingerprint density at radius 2 is 1.81 bits per heavy atom. The summed E-state index contributed by atoms with van der Waals surface area (Å²) < 4.78 is 42.3. The van der Waals surface area contributed by atoms with Crippen LogP contribution in [0.3, 0.4) is 0 Å². The molecule has 43 heavy (non-hydrogen) atoms. The molecule has 12 heteroatoms. The van der Waals surface area contributed by atoms with Gasteiger partial charge in [0.25, 0.3) is 5.91 Å². The first-order valence-electron chi connectivity index (χ1n) is 14.5. The number of piperidine rings is 2. The van der Waals surface area contributed by atoms with Crippen molar-refractivity contribution in [1.29, 1.82) is 0 Å². The number of nitrogens with one attached hydrogen (secondary N) is 1. The molecule has 0 spiro atoms. The van der Waals surface area contributed by atoms with E-state index < -0.39 is 35.0 Å². The number of hydrogen-bond acceptors (Lipinski definition) is 5. The number of amides is 4. The summed E-state index contributed by atoms with van der Waals surface area (Å²) in [6.45, 7) is 2.50. The highest BCUT2D eigenvalue weighted by atomic mass is 19.4. The smallest absolute Gasteiger partial charge is 0.342 e. The molecule has 0 radical (unpaired) electrons. The number of nitrogens with zero attached hydrogens (tertiary/aromatic N) is 4. The Hall–Kier alpha value is -4.22. The number of hydrogen-bond donors (Lipinski definition) is 1. The summed E-state index contributed by atoms with van der Waals surface area (Å²) in [7, 11) is 0. The van der Waals surface area contributed by atoms with E-state index in [0.29, 0.717) is 30.5 Å². The Morgan fingerprint density at radius 3 is 2.49 bits per heavy atom. The van der Waals surface area contributed by atoms with Gasteiger partial charge in [0.05, 0.1) is 17.4 Å². The lowest BCUT2D eigenvalue weighted by atomic mass is 9.88. The molecule has 0 bridgehead atoms. The lowest BCUT2D eigenvalue weighted by molar-refractivity contribution is -0.199. The minimum Gasteiger partial charge on any atom is -0.342 e. The summed E-state index contributed by atoms with van der Waals surface area (Å²) in [5.41, 5.74) is 0.439. The lowest BCUT2D eigenvalue weighted by Gasteiger charge is -2.41. The summed E-state index contributed by atoms with van der Waals surface area (Å²) >= 11 is 0. The molecule has 1 aliphatic carbocycles. The van der Waals surface area contributed by atoms with Crippen molar-refractivity contribution in [2.75, 3.05) is 18.0 Å². The van der Waals surface area contributed by atoms with Crippen LogP contribution in [0.2, 0.25) is 0 Å². The summed E-state index contributed by atoms with van der Waals surface area (Å²) in [6, 6.07) is 8.56. The van der Waals surface area contributed by atoms with Gasteiger partial charge < -0.3 is 4.90 Å². The summed E-state index contributed by atoms with van der Waals surface area (Å²) in [5, 5.41) is 8.61. The average molecular weight is 594 g/mol. The fourth-order valence-electron chi connectivity index (χ4n) is 6.89. The van der Waals surface area contributed by atoms with Gasteiger partial charge >= 0.3 is 6.18 Å². The lowest BCUT2D eigenvalue weighted by Crippen LogP contribution is -2.53. The number of halogens is 3. The van der Waals surface area contributed by atoms with Gasteiger partial charge in [-0.05, 0) is 67.7 Å². The van der Waals surface area contributed by atoms with E-state index in [1.54, 1.807) is 12.3 Å². The fourth-order valence-corrected chi connectivity index (χ4v) is 6.89. The van der Waals surface area contributed by atoms with E-state index in [9.17, 15) is 32.3 Å². The molecule has 3 aliphatic heterocycles. The van der Waals surface area contributed by atoms with Crippen LogP contribution >= 0.6 is 0 Å². The highest BCUT2D eigenvalue weighted by Crippen LogP contribution is 2.59. The Kier molecular flexibility index (Phi) is 6.03. The SMILES string of the molecule is CC1(n2cc(Cc3ccc4c5c(cccc35)C(=O)N4C3CCC(=O)NC3=O)cn2)CCN(C(=O)C2(C(F)(F)F)CC2)CC1.